The van der Waals surface area contributed by atoms with Gasteiger partial charge in [-0.3, -0.25) is 0 Å². The number of hydrogen-bond donors (Lipinski definition) is 0. The number of ether oxygens (including phenoxy) is 1. The van der Waals surface area contributed by atoms with Crippen LogP contribution in [-0.4, -0.2) is 18.6 Å². The number of rotatable bonds is 2. The first-order valence-electron chi connectivity index (χ1n) is 4.49. The summed E-state index contributed by atoms with van der Waals surface area (Å²) in [6.07, 6.45) is 0. The zero-order valence-corrected chi connectivity index (χ0v) is 8.06. The van der Waals surface area contributed by atoms with Crippen LogP contribution in [0.4, 0.5) is 4.79 Å². The predicted molar refractivity (Wildman–Crippen MR) is 50.1 cm³/mol. The highest BCUT2D eigenvalue weighted by atomic mass is 16.5. The normalized spacial score (nSPS) is 12.7. The molecular formula is C10H8N2O3. The molecule has 0 saturated heterocycles. The molecule has 5 nitrogen and oxygen atoms in total. The van der Waals surface area contributed by atoms with Gasteiger partial charge in [0, 0.05) is 0 Å². The minimum atomic E-state index is -0.536. The van der Waals surface area contributed by atoms with Crippen LogP contribution in [0.5, 0.6) is 0 Å². The molecule has 2 rings (SSSR count). The number of fused-ring (bicyclic) bond motifs is 1. The molecule has 0 unspecified atom stereocenters. The van der Waals surface area contributed by atoms with Gasteiger partial charge in [0.2, 0.25) is 0 Å². The minimum absolute atomic E-state index is 0.316. The second-order valence-corrected chi connectivity index (χ2v) is 2.93. The van der Waals surface area contributed by atoms with E-state index >= 15 is 0 Å². The van der Waals surface area contributed by atoms with Gasteiger partial charge in [0.05, 0.1) is 22.9 Å². The van der Waals surface area contributed by atoms with Crippen LogP contribution in [0.1, 0.15) is 17.3 Å². The van der Waals surface area contributed by atoms with Crippen molar-refractivity contribution in [2.75, 3.05) is 6.61 Å². The van der Waals surface area contributed by atoms with Crippen LogP contribution in [0.25, 0.3) is 0 Å². The van der Waals surface area contributed by atoms with E-state index in [-0.39, 0.29) is 0 Å². The molecular weight excluding hydrogens is 196 g/mol. The summed E-state index contributed by atoms with van der Waals surface area (Å²) in [6.45, 7) is 2.05. The molecule has 0 radical (unpaired) electrons. The second-order valence-electron chi connectivity index (χ2n) is 2.93. The Hall–Kier alpha value is -2.04. The van der Waals surface area contributed by atoms with Crippen molar-refractivity contribution in [3.05, 3.63) is 34.5 Å². The quantitative estimate of drug-likeness (QED) is 0.648. The van der Waals surface area contributed by atoms with Gasteiger partial charge in [-0.25, -0.2) is 9.59 Å². The highest BCUT2D eigenvalue weighted by Crippen LogP contribution is 1.97. The molecule has 15 heavy (non-hydrogen) atoms. The lowest BCUT2D eigenvalue weighted by Crippen LogP contribution is -2.23. The van der Waals surface area contributed by atoms with Gasteiger partial charge in [-0.15, -0.1) is 0 Å². The monoisotopic (exact) mass is 204 g/mol. The third kappa shape index (κ3) is 1.76. The molecule has 0 aromatic heterocycles. The summed E-state index contributed by atoms with van der Waals surface area (Å²) < 4.78 is 4.82. The van der Waals surface area contributed by atoms with Crippen LogP contribution < -0.4 is 10.7 Å². The number of urea groups is 1. The molecule has 1 heterocycles. The van der Waals surface area contributed by atoms with Gasteiger partial charge in [0.15, 0.2) is 0 Å². The van der Waals surface area contributed by atoms with Gasteiger partial charge in [0.25, 0.3) is 0 Å². The van der Waals surface area contributed by atoms with E-state index in [1.807, 2.05) is 0 Å². The second kappa shape index (κ2) is 3.61. The molecule has 1 aromatic rings. The average Bonchev–Trinajstić information content (AvgIpc) is 2.57. The third-order valence-electron chi connectivity index (χ3n) is 1.92. The Morgan fingerprint density at radius 1 is 1.33 bits per heavy atom. The van der Waals surface area contributed by atoms with Crippen molar-refractivity contribution in [3.8, 4) is 0 Å². The first kappa shape index (κ1) is 9.51. The van der Waals surface area contributed by atoms with Crippen molar-refractivity contribution in [1.82, 2.24) is 0 Å². The summed E-state index contributed by atoms with van der Waals surface area (Å²) in [6, 6.07) is 4.11. The summed E-state index contributed by atoms with van der Waals surface area (Å²) in [5.74, 6) is -0.421. The summed E-state index contributed by atoms with van der Waals surface area (Å²) in [5, 5.41) is 0.915. The highest BCUT2D eigenvalue weighted by Gasteiger charge is 2.10. The first-order chi connectivity index (χ1) is 7.20. The molecule has 1 aliphatic heterocycles. The van der Waals surface area contributed by atoms with E-state index in [2.05, 4.69) is 9.98 Å². The lowest BCUT2D eigenvalue weighted by molar-refractivity contribution is 0.0526. The number of nitrogens with zero attached hydrogens (tertiary/aromatic N) is 2. The fraction of sp³-hybridized carbons (Fsp3) is 0.200. The average molecular weight is 204 g/mol. The van der Waals surface area contributed by atoms with E-state index in [1.165, 1.54) is 6.07 Å². The number of carbonyl (C=O) groups excluding carboxylic acids is 2. The van der Waals surface area contributed by atoms with Gasteiger partial charge < -0.3 is 4.74 Å². The van der Waals surface area contributed by atoms with E-state index < -0.39 is 12.0 Å². The largest absolute Gasteiger partial charge is 0.462 e. The fourth-order valence-electron chi connectivity index (χ4n) is 1.28. The molecule has 1 aliphatic rings. The first-order valence-corrected chi connectivity index (χ1v) is 4.49. The molecule has 0 bridgehead atoms. The molecule has 0 fully saturated rings. The van der Waals surface area contributed by atoms with Crippen molar-refractivity contribution in [3.63, 3.8) is 0 Å². The van der Waals surface area contributed by atoms with Crippen LogP contribution >= 0.6 is 0 Å². The van der Waals surface area contributed by atoms with Gasteiger partial charge in [-0.1, -0.05) is 0 Å². The van der Waals surface area contributed by atoms with Crippen LogP contribution in [-0.2, 0) is 4.74 Å². The lowest BCUT2D eigenvalue weighted by Gasteiger charge is -1.99. The SMILES string of the molecule is CCOC(=O)c1ccc2c(c1)=NC(=O)N=2. The summed E-state index contributed by atoms with van der Waals surface area (Å²) in [5.41, 5.74) is 0.379. The number of benzene rings is 1. The molecule has 0 N–H and O–H groups in total. The zero-order chi connectivity index (χ0) is 10.8. The van der Waals surface area contributed by atoms with Crippen molar-refractivity contribution in [2.24, 2.45) is 9.98 Å². The summed E-state index contributed by atoms with van der Waals surface area (Å²) >= 11 is 0. The maximum absolute atomic E-state index is 11.3. The number of carbonyl (C=O) groups is 2. The van der Waals surface area contributed by atoms with E-state index in [4.69, 9.17) is 4.74 Å². The Balaban J connectivity index is 2.45. The van der Waals surface area contributed by atoms with E-state index in [1.54, 1.807) is 19.1 Å². The topological polar surface area (TPSA) is 68.1 Å². The van der Waals surface area contributed by atoms with Crippen LogP contribution in [0.2, 0.25) is 0 Å². The zero-order valence-electron chi connectivity index (χ0n) is 8.06. The van der Waals surface area contributed by atoms with E-state index in [9.17, 15) is 9.59 Å². The molecule has 76 valence electrons. The maximum Gasteiger partial charge on any atom is 0.368 e. The molecule has 5 heteroatoms. The van der Waals surface area contributed by atoms with Crippen LogP contribution in [0.15, 0.2) is 28.2 Å². The number of amides is 2. The van der Waals surface area contributed by atoms with E-state index in [0.717, 1.165) is 0 Å². The van der Waals surface area contributed by atoms with Crippen molar-refractivity contribution < 1.29 is 14.3 Å². The van der Waals surface area contributed by atoms with Gasteiger partial charge in [-0.2, -0.15) is 9.98 Å². The Morgan fingerprint density at radius 3 is 2.80 bits per heavy atom. The third-order valence-corrected chi connectivity index (χ3v) is 1.92. The highest BCUT2D eigenvalue weighted by molar-refractivity contribution is 5.89. The Kier molecular flexibility index (Phi) is 2.29. The van der Waals surface area contributed by atoms with Crippen molar-refractivity contribution in [1.29, 1.82) is 0 Å². The van der Waals surface area contributed by atoms with Gasteiger partial charge >= 0.3 is 12.0 Å². The van der Waals surface area contributed by atoms with Crippen LogP contribution in [0.3, 0.4) is 0 Å². The smallest absolute Gasteiger partial charge is 0.368 e. The predicted octanol–water partition coefficient (Wildman–Crippen LogP) is 0.236. The summed E-state index contributed by atoms with van der Waals surface area (Å²) in [4.78, 5) is 29.5. The van der Waals surface area contributed by atoms with Crippen LogP contribution in [0, 0.1) is 0 Å². The molecule has 1 aromatic carbocycles. The molecule has 0 spiro atoms. The Labute approximate surface area is 85.1 Å². The number of esters is 1. The molecule has 0 atom stereocenters. The Morgan fingerprint density at radius 2 is 2.07 bits per heavy atom. The van der Waals surface area contributed by atoms with Gasteiger partial charge in [-0.05, 0) is 25.1 Å². The minimum Gasteiger partial charge on any atom is -0.462 e. The van der Waals surface area contributed by atoms with Gasteiger partial charge in [0.1, 0.15) is 0 Å². The molecule has 0 aliphatic carbocycles. The summed E-state index contributed by atoms with van der Waals surface area (Å²) in [7, 11) is 0. The standard InChI is InChI=1S/C10H8N2O3/c1-2-15-9(13)6-3-4-7-8(5-6)12-10(14)11-7/h3-5H,2H2,1H3. The van der Waals surface area contributed by atoms with Crippen molar-refractivity contribution in [2.45, 2.75) is 6.92 Å². The van der Waals surface area contributed by atoms with Crippen molar-refractivity contribution >= 4 is 12.0 Å². The molecule has 0 saturated carbocycles. The lowest BCUT2D eigenvalue weighted by atomic mass is 10.2. The maximum atomic E-state index is 11.3. The van der Waals surface area contributed by atoms with E-state index in [0.29, 0.717) is 22.9 Å². The Bertz CT molecular complexity index is 548. The molecule has 2 amide bonds. The fourth-order valence-corrected chi connectivity index (χ4v) is 1.28. The number of hydrogen-bond acceptors (Lipinski definition) is 3.